The molecule has 2 saturated heterocycles. The molecule has 1 spiro atoms. The molecule has 4 fully saturated rings. The van der Waals surface area contributed by atoms with E-state index in [1.165, 1.54) is 32.1 Å². The Morgan fingerprint density at radius 1 is 1.22 bits per heavy atom. The van der Waals surface area contributed by atoms with Crippen LogP contribution in [0.1, 0.15) is 32.1 Å². The van der Waals surface area contributed by atoms with Crippen molar-refractivity contribution in [1.29, 1.82) is 0 Å². The van der Waals surface area contributed by atoms with Gasteiger partial charge in [-0.2, -0.15) is 0 Å². The van der Waals surface area contributed by atoms with Crippen molar-refractivity contribution in [2.24, 2.45) is 23.2 Å². The Bertz CT molecular complexity index is 344. The lowest BCUT2D eigenvalue weighted by Gasteiger charge is -2.23. The summed E-state index contributed by atoms with van der Waals surface area (Å²) >= 11 is 0. The maximum absolute atomic E-state index is 12.5. The molecule has 4 heteroatoms. The molecule has 4 rings (SSSR count). The Hall–Kier alpha value is -0.280. The van der Waals surface area contributed by atoms with Crippen molar-refractivity contribution in [2.75, 3.05) is 26.2 Å². The summed E-state index contributed by atoms with van der Waals surface area (Å²) in [6, 6.07) is 0. The molecule has 3 unspecified atom stereocenters. The first-order valence-corrected chi connectivity index (χ1v) is 7.29. The molecule has 3 atom stereocenters. The van der Waals surface area contributed by atoms with E-state index in [0.29, 0.717) is 17.2 Å². The van der Waals surface area contributed by atoms with Gasteiger partial charge < -0.3 is 10.2 Å². The highest BCUT2D eigenvalue weighted by atomic mass is 35.5. The average Bonchev–Trinajstić information content (AvgIpc) is 2.85. The monoisotopic (exact) mass is 270 g/mol. The standard InChI is InChI=1S/C14H22N2O.ClH/c17-13(12-10-2-1-3-11(10)12)16-7-5-14(9-16)4-6-15-8-14;/h10-12,15H,1-9H2;1H. The summed E-state index contributed by atoms with van der Waals surface area (Å²) in [6.45, 7) is 4.34. The second-order valence-corrected chi connectivity index (χ2v) is 6.72. The minimum Gasteiger partial charge on any atom is -0.342 e. The number of nitrogens with zero attached hydrogens (tertiary/aromatic N) is 1. The molecule has 3 nitrogen and oxygen atoms in total. The minimum atomic E-state index is 0. The van der Waals surface area contributed by atoms with Gasteiger partial charge in [0.25, 0.3) is 0 Å². The van der Waals surface area contributed by atoms with Gasteiger partial charge in [0.15, 0.2) is 0 Å². The number of hydrogen-bond donors (Lipinski definition) is 1. The summed E-state index contributed by atoms with van der Waals surface area (Å²) in [5.41, 5.74) is 0.444. The highest BCUT2D eigenvalue weighted by Crippen LogP contribution is 2.58. The van der Waals surface area contributed by atoms with E-state index >= 15 is 0 Å². The van der Waals surface area contributed by atoms with Gasteiger partial charge >= 0.3 is 0 Å². The molecule has 2 heterocycles. The molecule has 2 saturated carbocycles. The molecule has 0 aromatic heterocycles. The van der Waals surface area contributed by atoms with E-state index in [-0.39, 0.29) is 12.4 Å². The van der Waals surface area contributed by atoms with Crippen molar-refractivity contribution in [3.63, 3.8) is 0 Å². The number of likely N-dealkylation sites (tertiary alicyclic amines) is 1. The summed E-state index contributed by atoms with van der Waals surface area (Å²) in [6.07, 6.45) is 6.51. The van der Waals surface area contributed by atoms with E-state index in [1.54, 1.807) is 0 Å². The molecule has 1 amide bonds. The molecule has 1 N–H and O–H groups in total. The number of halogens is 1. The third-order valence-corrected chi connectivity index (χ3v) is 5.77. The Kier molecular flexibility index (Phi) is 3.10. The van der Waals surface area contributed by atoms with Crippen LogP contribution in [0.5, 0.6) is 0 Å². The van der Waals surface area contributed by atoms with Crippen molar-refractivity contribution in [1.82, 2.24) is 10.2 Å². The minimum absolute atomic E-state index is 0. The Morgan fingerprint density at radius 3 is 2.67 bits per heavy atom. The molecule has 0 radical (unpaired) electrons. The summed E-state index contributed by atoms with van der Waals surface area (Å²) in [4.78, 5) is 14.7. The fraction of sp³-hybridized carbons (Fsp3) is 0.929. The molecule has 0 bridgehead atoms. The first-order valence-electron chi connectivity index (χ1n) is 7.29. The topological polar surface area (TPSA) is 32.3 Å². The largest absolute Gasteiger partial charge is 0.342 e. The molecule has 0 aromatic rings. The molecule has 102 valence electrons. The fourth-order valence-electron chi connectivity index (χ4n) is 4.67. The van der Waals surface area contributed by atoms with E-state index in [9.17, 15) is 4.79 Å². The van der Waals surface area contributed by atoms with Crippen LogP contribution in [-0.4, -0.2) is 37.0 Å². The van der Waals surface area contributed by atoms with Crippen LogP contribution in [0, 0.1) is 23.2 Å². The highest BCUT2D eigenvalue weighted by Gasteiger charge is 2.58. The molecule has 4 aliphatic rings. The van der Waals surface area contributed by atoms with Crippen LogP contribution < -0.4 is 5.32 Å². The number of carbonyl (C=O) groups excluding carboxylic acids is 1. The third kappa shape index (κ3) is 1.78. The SMILES string of the molecule is Cl.O=C(C1C2CCCC21)N1CCC2(CCNC2)C1. The summed E-state index contributed by atoms with van der Waals surface area (Å²) < 4.78 is 0. The van der Waals surface area contributed by atoms with Gasteiger partial charge in [0.2, 0.25) is 5.91 Å². The Balaban J connectivity index is 0.000001000. The number of amides is 1. The molecule has 18 heavy (non-hydrogen) atoms. The van der Waals surface area contributed by atoms with Crippen molar-refractivity contribution in [2.45, 2.75) is 32.1 Å². The lowest BCUT2D eigenvalue weighted by atomic mass is 9.86. The van der Waals surface area contributed by atoms with Gasteiger partial charge in [-0.25, -0.2) is 0 Å². The van der Waals surface area contributed by atoms with Gasteiger partial charge in [-0.1, -0.05) is 6.42 Å². The maximum Gasteiger partial charge on any atom is 0.226 e. The van der Waals surface area contributed by atoms with Crippen LogP contribution in [0.2, 0.25) is 0 Å². The quantitative estimate of drug-likeness (QED) is 0.786. The maximum atomic E-state index is 12.5. The van der Waals surface area contributed by atoms with Gasteiger partial charge in [-0.15, -0.1) is 12.4 Å². The average molecular weight is 271 g/mol. The van der Waals surface area contributed by atoms with Crippen LogP contribution >= 0.6 is 12.4 Å². The fourth-order valence-corrected chi connectivity index (χ4v) is 4.67. The summed E-state index contributed by atoms with van der Waals surface area (Å²) in [5, 5.41) is 3.46. The second kappa shape index (κ2) is 4.38. The van der Waals surface area contributed by atoms with E-state index < -0.39 is 0 Å². The molecule has 0 aromatic carbocycles. The zero-order chi connectivity index (χ0) is 11.5. The van der Waals surface area contributed by atoms with Crippen molar-refractivity contribution < 1.29 is 4.79 Å². The zero-order valence-electron chi connectivity index (χ0n) is 10.9. The van der Waals surface area contributed by atoms with E-state index in [1.807, 2.05) is 0 Å². The highest BCUT2D eigenvalue weighted by molar-refractivity contribution is 5.85. The van der Waals surface area contributed by atoms with Gasteiger partial charge in [0.1, 0.15) is 0 Å². The van der Waals surface area contributed by atoms with E-state index in [2.05, 4.69) is 10.2 Å². The van der Waals surface area contributed by atoms with Crippen LogP contribution in [-0.2, 0) is 4.79 Å². The first kappa shape index (κ1) is 12.7. The normalized spacial score (nSPS) is 45.1. The number of nitrogens with one attached hydrogen (secondary N) is 1. The van der Waals surface area contributed by atoms with Crippen LogP contribution in [0.3, 0.4) is 0 Å². The first-order chi connectivity index (χ1) is 8.29. The lowest BCUT2D eigenvalue weighted by Crippen LogP contribution is -2.34. The van der Waals surface area contributed by atoms with Crippen molar-refractivity contribution >= 4 is 18.3 Å². The number of fused-ring (bicyclic) bond motifs is 1. The zero-order valence-corrected chi connectivity index (χ0v) is 11.7. The number of hydrogen-bond acceptors (Lipinski definition) is 2. The van der Waals surface area contributed by atoms with Crippen LogP contribution in [0.15, 0.2) is 0 Å². The predicted octanol–water partition coefficient (Wildman–Crippen LogP) is 1.67. The van der Waals surface area contributed by atoms with Crippen LogP contribution in [0.4, 0.5) is 0 Å². The molecular formula is C14H23ClN2O. The molecule has 2 aliphatic carbocycles. The van der Waals surface area contributed by atoms with E-state index in [0.717, 1.165) is 38.0 Å². The van der Waals surface area contributed by atoms with Gasteiger partial charge in [-0.3, -0.25) is 4.79 Å². The second-order valence-electron chi connectivity index (χ2n) is 6.72. The van der Waals surface area contributed by atoms with Crippen molar-refractivity contribution in [3.05, 3.63) is 0 Å². The molecule has 2 aliphatic heterocycles. The Labute approximate surface area is 115 Å². The predicted molar refractivity (Wildman–Crippen MR) is 72.7 cm³/mol. The van der Waals surface area contributed by atoms with E-state index in [4.69, 9.17) is 0 Å². The smallest absolute Gasteiger partial charge is 0.226 e. The number of carbonyl (C=O) groups is 1. The molecular weight excluding hydrogens is 248 g/mol. The lowest BCUT2D eigenvalue weighted by molar-refractivity contribution is -0.132. The van der Waals surface area contributed by atoms with Crippen LogP contribution in [0.25, 0.3) is 0 Å². The van der Waals surface area contributed by atoms with Gasteiger partial charge in [0, 0.05) is 31.0 Å². The Morgan fingerprint density at radius 2 is 2.00 bits per heavy atom. The van der Waals surface area contributed by atoms with Crippen molar-refractivity contribution in [3.8, 4) is 0 Å². The third-order valence-electron chi connectivity index (χ3n) is 5.77. The van der Waals surface area contributed by atoms with Gasteiger partial charge in [0.05, 0.1) is 0 Å². The number of rotatable bonds is 1. The summed E-state index contributed by atoms with van der Waals surface area (Å²) in [5.74, 6) is 2.50. The van der Waals surface area contributed by atoms with Gasteiger partial charge in [-0.05, 0) is 44.1 Å². The summed E-state index contributed by atoms with van der Waals surface area (Å²) in [7, 11) is 0.